The third-order valence-electron chi connectivity index (χ3n) is 5.79. The second kappa shape index (κ2) is 4.76. The van der Waals surface area contributed by atoms with E-state index in [4.69, 9.17) is 0 Å². The van der Waals surface area contributed by atoms with Crippen LogP contribution in [0.5, 0.6) is 0 Å². The molecule has 0 spiro atoms. The van der Waals surface area contributed by atoms with Gasteiger partial charge in [-0.2, -0.15) is 0 Å². The van der Waals surface area contributed by atoms with E-state index in [1.807, 2.05) is 0 Å². The first kappa shape index (κ1) is 13.4. The zero-order valence-corrected chi connectivity index (χ0v) is 12.6. The summed E-state index contributed by atoms with van der Waals surface area (Å²) in [5, 5.41) is 3.70. The number of hydrogen-bond acceptors (Lipinski definition) is 2. The lowest BCUT2D eigenvalue weighted by Gasteiger charge is -2.29. The van der Waals surface area contributed by atoms with Crippen LogP contribution in [0.15, 0.2) is 0 Å². The molecule has 4 unspecified atom stereocenters. The summed E-state index contributed by atoms with van der Waals surface area (Å²) < 4.78 is 0. The van der Waals surface area contributed by atoms with E-state index in [-0.39, 0.29) is 5.54 Å². The monoisotopic (exact) mass is 264 g/mol. The van der Waals surface area contributed by atoms with Crippen LogP contribution in [-0.4, -0.2) is 28.6 Å². The maximum atomic E-state index is 12.8. The summed E-state index contributed by atoms with van der Waals surface area (Å²) >= 11 is 0. The topological polar surface area (TPSA) is 32.3 Å². The number of rotatable bonds is 4. The Labute approximate surface area is 117 Å². The third-order valence-corrected chi connectivity index (χ3v) is 5.79. The fourth-order valence-corrected chi connectivity index (χ4v) is 4.11. The molecule has 108 valence electrons. The van der Waals surface area contributed by atoms with Crippen LogP contribution in [-0.2, 0) is 4.79 Å². The molecule has 1 N–H and O–H groups in total. The fourth-order valence-electron chi connectivity index (χ4n) is 4.11. The summed E-state index contributed by atoms with van der Waals surface area (Å²) in [4.78, 5) is 15.1. The van der Waals surface area contributed by atoms with E-state index in [0.717, 1.165) is 12.3 Å². The van der Waals surface area contributed by atoms with Crippen molar-refractivity contribution in [3.8, 4) is 0 Å². The molecule has 3 rings (SSSR count). The van der Waals surface area contributed by atoms with E-state index >= 15 is 0 Å². The first-order chi connectivity index (χ1) is 9.10. The van der Waals surface area contributed by atoms with Gasteiger partial charge in [0.2, 0.25) is 5.91 Å². The molecule has 1 aliphatic heterocycles. The van der Waals surface area contributed by atoms with Gasteiger partial charge in [0.1, 0.15) is 0 Å². The Morgan fingerprint density at radius 1 is 1.32 bits per heavy atom. The normalized spacial score (nSPS) is 43.2. The van der Waals surface area contributed by atoms with E-state index in [1.54, 1.807) is 0 Å². The lowest BCUT2D eigenvalue weighted by Crippen LogP contribution is -2.45. The summed E-state index contributed by atoms with van der Waals surface area (Å²) in [6.07, 6.45) is 8.94. The molecule has 19 heavy (non-hydrogen) atoms. The van der Waals surface area contributed by atoms with Crippen molar-refractivity contribution in [3.63, 3.8) is 0 Å². The molecule has 0 radical (unpaired) electrons. The van der Waals surface area contributed by atoms with Gasteiger partial charge < -0.3 is 4.90 Å². The van der Waals surface area contributed by atoms with Crippen molar-refractivity contribution in [2.45, 2.75) is 83.5 Å². The van der Waals surface area contributed by atoms with Gasteiger partial charge >= 0.3 is 0 Å². The molecule has 2 aliphatic carbocycles. The second-order valence-corrected chi connectivity index (χ2v) is 7.00. The van der Waals surface area contributed by atoms with Gasteiger partial charge in [-0.3, -0.25) is 10.1 Å². The Morgan fingerprint density at radius 3 is 2.53 bits per heavy atom. The molecule has 3 fully saturated rings. The molecule has 1 saturated heterocycles. The van der Waals surface area contributed by atoms with Crippen LogP contribution in [0, 0.1) is 11.8 Å². The number of carbonyl (C=O) groups is 1. The number of amides is 1. The maximum Gasteiger partial charge on any atom is 0.244 e. The van der Waals surface area contributed by atoms with E-state index in [1.165, 1.54) is 38.5 Å². The largest absolute Gasteiger partial charge is 0.322 e. The number of hydrogen-bond donors (Lipinski definition) is 1. The molecule has 1 heterocycles. The van der Waals surface area contributed by atoms with Gasteiger partial charge in [-0.15, -0.1) is 0 Å². The zero-order chi connectivity index (χ0) is 13.6. The summed E-state index contributed by atoms with van der Waals surface area (Å²) in [5.74, 6) is 1.82. The molecular weight excluding hydrogens is 236 g/mol. The molecule has 2 saturated carbocycles. The zero-order valence-electron chi connectivity index (χ0n) is 12.6. The highest BCUT2D eigenvalue weighted by Gasteiger charge is 2.56. The molecule has 3 heteroatoms. The van der Waals surface area contributed by atoms with Gasteiger partial charge in [-0.25, -0.2) is 0 Å². The standard InChI is InChI=1S/C16H28N2O/c1-4-11-10-13(11)18-14(12-8-6-7-9-12)17-16(3,5-2)15(18)19/h11-14,17H,4-10H2,1-3H3. The van der Waals surface area contributed by atoms with E-state index in [2.05, 4.69) is 31.0 Å². The number of nitrogens with one attached hydrogen (secondary N) is 1. The van der Waals surface area contributed by atoms with Crippen molar-refractivity contribution in [3.05, 3.63) is 0 Å². The third kappa shape index (κ3) is 2.10. The minimum atomic E-state index is -0.311. The van der Waals surface area contributed by atoms with Crippen LogP contribution in [0.25, 0.3) is 0 Å². The number of carbonyl (C=O) groups excluding carboxylic acids is 1. The van der Waals surface area contributed by atoms with Gasteiger partial charge in [-0.05, 0) is 44.4 Å². The highest BCUT2D eigenvalue weighted by Crippen LogP contribution is 2.45. The Hall–Kier alpha value is -0.570. The first-order valence-corrected chi connectivity index (χ1v) is 8.21. The Bertz CT molecular complexity index is 364. The summed E-state index contributed by atoms with van der Waals surface area (Å²) in [6.45, 7) is 6.48. The van der Waals surface area contributed by atoms with Gasteiger partial charge in [0, 0.05) is 6.04 Å². The SMILES string of the molecule is CCC1CC1N1C(=O)C(C)(CC)NC1C1CCCC1. The predicted octanol–water partition coefficient (Wildman–Crippen LogP) is 2.90. The average molecular weight is 264 g/mol. The van der Waals surface area contributed by atoms with Crippen LogP contribution in [0.3, 0.4) is 0 Å². The molecule has 0 aromatic heterocycles. The van der Waals surface area contributed by atoms with Crippen LogP contribution >= 0.6 is 0 Å². The quantitative estimate of drug-likeness (QED) is 0.847. The van der Waals surface area contributed by atoms with E-state index in [0.29, 0.717) is 24.0 Å². The second-order valence-electron chi connectivity index (χ2n) is 7.00. The Kier molecular flexibility index (Phi) is 3.36. The van der Waals surface area contributed by atoms with Crippen molar-refractivity contribution < 1.29 is 4.79 Å². The molecule has 3 aliphatic rings. The first-order valence-electron chi connectivity index (χ1n) is 8.21. The van der Waals surface area contributed by atoms with Gasteiger partial charge in [-0.1, -0.05) is 33.1 Å². The molecule has 3 nitrogen and oxygen atoms in total. The lowest BCUT2D eigenvalue weighted by molar-refractivity contribution is -0.134. The molecular formula is C16H28N2O. The Balaban J connectivity index is 1.82. The lowest BCUT2D eigenvalue weighted by atomic mass is 9.99. The van der Waals surface area contributed by atoms with Gasteiger partial charge in [0.15, 0.2) is 0 Å². The number of nitrogens with zero attached hydrogens (tertiary/aromatic N) is 1. The highest BCUT2D eigenvalue weighted by molar-refractivity contribution is 5.89. The molecule has 0 aromatic rings. The Morgan fingerprint density at radius 2 is 2.00 bits per heavy atom. The minimum absolute atomic E-state index is 0.311. The maximum absolute atomic E-state index is 12.8. The van der Waals surface area contributed by atoms with Crippen molar-refractivity contribution >= 4 is 5.91 Å². The molecule has 0 bridgehead atoms. The van der Waals surface area contributed by atoms with Crippen LogP contribution in [0.1, 0.15) is 65.7 Å². The molecule has 0 aromatic carbocycles. The van der Waals surface area contributed by atoms with Gasteiger partial charge in [0.05, 0.1) is 11.7 Å². The minimum Gasteiger partial charge on any atom is -0.322 e. The predicted molar refractivity (Wildman–Crippen MR) is 76.6 cm³/mol. The molecule has 4 atom stereocenters. The molecule has 1 amide bonds. The smallest absolute Gasteiger partial charge is 0.244 e. The van der Waals surface area contributed by atoms with Crippen molar-refractivity contribution in [2.75, 3.05) is 0 Å². The summed E-state index contributed by atoms with van der Waals surface area (Å²) in [5.41, 5.74) is -0.311. The van der Waals surface area contributed by atoms with E-state index in [9.17, 15) is 4.79 Å². The van der Waals surface area contributed by atoms with Crippen molar-refractivity contribution in [1.29, 1.82) is 0 Å². The highest BCUT2D eigenvalue weighted by atomic mass is 16.2. The fraction of sp³-hybridized carbons (Fsp3) is 0.938. The average Bonchev–Trinajstić information content (AvgIpc) is 2.87. The van der Waals surface area contributed by atoms with Crippen molar-refractivity contribution in [2.24, 2.45) is 11.8 Å². The van der Waals surface area contributed by atoms with Crippen molar-refractivity contribution in [1.82, 2.24) is 10.2 Å². The van der Waals surface area contributed by atoms with Gasteiger partial charge in [0.25, 0.3) is 0 Å². The van der Waals surface area contributed by atoms with Crippen LogP contribution < -0.4 is 5.32 Å². The summed E-state index contributed by atoms with van der Waals surface area (Å²) in [7, 11) is 0. The van der Waals surface area contributed by atoms with E-state index < -0.39 is 0 Å². The van der Waals surface area contributed by atoms with Crippen LogP contribution in [0.2, 0.25) is 0 Å². The summed E-state index contributed by atoms with van der Waals surface area (Å²) in [6, 6.07) is 0.531. The van der Waals surface area contributed by atoms with Crippen LogP contribution in [0.4, 0.5) is 0 Å².